The molecular weight excluding hydrogens is 637 g/mol. The summed E-state index contributed by atoms with van der Waals surface area (Å²) in [4.78, 5) is 38.8. The third-order valence-electron chi connectivity index (χ3n) is 9.11. The van der Waals surface area contributed by atoms with Crippen molar-refractivity contribution < 1.29 is 22.8 Å². The fourth-order valence-corrected chi connectivity index (χ4v) is 6.20. The van der Waals surface area contributed by atoms with Gasteiger partial charge < -0.3 is 9.80 Å². The number of carbonyl (C=O) groups excluding carboxylic acids is 2. The number of hydrogen-bond acceptors (Lipinski definition) is 4. The van der Waals surface area contributed by atoms with E-state index in [-0.39, 0.29) is 18.9 Å². The number of amides is 2. The average Bonchev–Trinajstić information content (AvgIpc) is 3.13. The molecule has 0 aliphatic carbocycles. The second-order valence-electron chi connectivity index (χ2n) is 12.8. The van der Waals surface area contributed by atoms with Gasteiger partial charge in [-0.15, -0.1) is 0 Å². The van der Waals surface area contributed by atoms with Gasteiger partial charge in [-0.3, -0.25) is 19.5 Å². The summed E-state index contributed by atoms with van der Waals surface area (Å²) in [7, 11) is 0. The zero-order chi connectivity index (χ0) is 35.3. The molecule has 6 nitrogen and oxygen atoms in total. The van der Waals surface area contributed by atoms with Gasteiger partial charge in [0, 0.05) is 63.7 Å². The quantitative estimate of drug-likeness (QED) is 0.101. The smallest absolute Gasteiger partial charge is 0.338 e. The number of aryl methyl sites for hydroxylation is 1. The monoisotopic (exact) mass is 682 g/mol. The van der Waals surface area contributed by atoms with E-state index in [1.807, 2.05) is 53.4 Å². The maximum absolute atomic E-state index is 14.5. The molecule has 9 heteroatoms. The van der Waals surface area contributed by atoms with Crippen LogP contribution in [0.25, 0.3) is 6.08 Å². The van der Waals surface area contributed by atoms with E-state index in [0.29, 0.717) is 37.4 Å². The van der Waals surface area contributed by atoms with E-state index >= 15 is 0 Å². The third-order valence-corrected chi connectivity index (χ3v) is 9.11. The van der Waals surface area contributed by atoms with Crippen LogP contribution in [0.3, 0.4) is 0 Å². The molecule has 2 amide bonds. The summed E-state index contributed by atoms with van der Waals surface area (Å²) in [5.74, 6) is -0.559. The van der Waals surface area contributed by atoms with Crippen molar-refractivity contribution in [2.45, 2.75) is 64.3 Å². The van der Waals surface area contributed by atoms with Crippen molar-refractivity contribution in [2.75, 3.05) is 26.2 Å². The summed E-state index contributed by atoms with van der Waals surface area (Å²) in [5.41, 5.74) is 3.69. The molecule has 1 saturated heterocycles. The fraction of sp³-hybridized carbons (Fsp3) is 0.341. The maximum atomic E-state index is 14.5. The molecule has 4 aromatic rings. The molecule has 50 heavy (non-hydrogen) atoms. The number of alkyl halides is 3. The number of rotatable bonds is 14. The Labute approximate surface area is 293 Å². The third kappa shape index (κ3) is 10.6. The second-order valence-corrected chi connectivity index (χ2v) is 12.8. The summed E-state index contributed by atoms with van der Waals surface area (Å²) >= 11 is 0. The van der Waals surface area contributed by atoms with Crippen molar-refractivity contribution >= 4 is 17.9 Å². The first kappa shape index (κ1) is 36.5. The molecule has 3 aromatic carbocycles. The molecule has 1 aromatic heterocycles. The van der Waals surface area contributed by atoms with Gasteiger partial charge in [-0.2, -0.15) is 13.2 Å². The van der Waals surface area contributed by atoms with Crippen LogP contribution in [0.5, 0.6) is 0 Å². The van der Waals surface area contributed by atoms with Crippen molar-refractivity contribution in [1.29, 1.82) is 0 Å². The van der Waals surface area contributed by atoms with Gasteiger partial charge in [0.2, 0.25) is 11.8 Å². The van der Waals surface area contributed by atoms with Gasteiger partial charge >= 0.3 is 6.18 Å². The van der Waals surface area contributed by atoms with E-state index in [0.717, 1.165) is 49.9 Å². The number of carbonyl (C=O) groups is 2. The number of aromatic nitrogens is 1. The van der Waals surface area contributed by atoms with Crippen LogP contribution in [0, 0.1) is 0 Å². The second kappa shape index (κ2) is 17.8. The minimum Gasteiger partial charge on any atom is -0.338 e. The first-order chi connectivity index (χ1) is 24.2. The molecule has 0 N–H and O–H groups in total. The number of hydrogen-bond donors (Lipinski definition) is 0. The normalized spacial score (nSPS) is 14.5. The Kier molecular flexibility index (Phi) is 13.0. The van der Waals surface area contributed by atoms with E-state index in [2.05, 4.69) is 41.1 Å². The summed E-state index contributed by atoms with van der Waals surface area (Å²) < 4.78 is 39.4. The highest BCUT2D eigenvalue weighted by atomic mass is 19.4. The molecule has 0 spiro atoms. The van der Waals surface area contributed by atoms with Crippen LogP contribution in [0.1, 0.15) is 59.7 Å². The Balaban J connectivity index is 1.40. The lowest BCUT2D eigenvalue weighted by Gasteiger charge is -2.39. The van der Waals surface area contributed by atoms with Crippen LogP contribution >= 0.6 is 0 Å². The van der Waals surface area contributed by atoms with Gasteiger partial charge in [-0.05, 0) is 65.4 Å². The molecule has 5 rings (SSSR count). The van der Waals surface area contributed by atoms with E-state index in [4.69, 9.17) is 0 Å². The molecule has 0 unspecified atom stereocenters. The number of halogens is 3. The lowest BCUT2D eigenvalue weighted by atomic mass is 10.0. The van der Waals surface area contributed by atoms with Crippen molar-refractivity contribution in [3.63, 3.8) is 0 Å². The van der Waals surface area contributed by atoms with Crippen LogP contribution in [-0.2, 0) is 41.7 Å². The van der Waals surface area contributed by atoms with Crippen LogP contribution in [-0.4, -0.2) is 63.7 Å². The summed E-state index contributed by atoms with van der Waals surface area (Å²) in [6, 6.07) is 27.7. The Morgan fingerprint density at radius 2 is 1.50 bits per heavy atom. The Bertz CT molecular complexity index is 1670. The molecule has 262 valence electrons. The summed E-state index contributed by atoms with van der Waals surface area (Å²) in [6.45, 7) is 5.63. The Hall–Kier alpha value is -4.76. The highest BCUT2D eigenvalue weighted by molar-refractivity contribution is 5.95. The van der Waals surface area contributed by atoms with Crippen molar-refractivity contribution in [3.8, 4) is 0 Å². The number of benzene rings is 3. The molecule has 0 radical (unpaired) electrons. The fourth-order valence-electron chi connectivity index (χ4n) is 6.20. The molecular formula is C41H45F3N4O2. The lowest BCUT2D eigenvalue weighted by molar-refractivity contribution is -0.145. The van der Waals surface area contributed by atoms with Gasteiger partial charge in [-0.25, -0.2) is 0 Å². The SMILES string of the molecule is CCCCCc1ccc(CN(C(=O)/C=C/c2ccc(C(F)(F)F)cc2)[C@@H](Cc2ccccn2)C(=O)N2CCN(Cc3ccccc3)CC2)cc1. The minimum absolute atomic E-state index is 0.150. The first-order valence-corrected chi connectivity index (χ1v) is 17.4. The summed E-state index contributed by atoms with van der Waals surface area (Å²) in [5, 5.41) is 0. The number of piperazine rings is 1. The number of unbranched alkanes of at least 4 members (excludes halogenated alkanes) is 2. The maximum Gasteiger partial charge on any atom is 0.416 e. The van der Waals surface area contributed by atoms with Gasteiger partial charge in [0.25, 0.3) is 0 Å². The standard InChI is InChI=1S/C41H45F3N4O2/c1-2-3-5-10-32-14-16-35(17-15-32)31-48(39(49)23-20-33-18-21-36(22-19-33)41(42,43)44)38(29-37-13-8-9-24-45-37)40(50)47-27-25-46(26-28-47)30-34-11-6-4-7-12-34/h4,6-9,11-24,38H,2-3,5,10,25-31H2,1H3/b23-20+/t38-/m0/s1. The number of nitrogens with zero attached hydrogens (tertiary/aromatic N) is 4. The lowest BCUT2D eigenvalue weighted by Crippen LogP contribution is -2.56. The number of pyridine rings is 1. The predicted molar refractivity (Wildman–Crippen MR) is 191 cm³/mol. The molecule has 1 atom stereocenters. The Morgan fingerprint density at radius 3 is 2.14 bits per heavy atom. The van der Waals surface area contributed by atoms with Crippen LogP contribution in [0.2, 0.25) is 0 Å². The van der Waals surface area contributed by atoms with E-state index in [1.165, 1.54) is 35.4 Å². The minimum atomic E-state index is -4.45. The molecule has 1 fully saturated rings. The van der Waals surface area contributed by atoms with Gasteiger partial charge in [-0.1, -0.05) is 92.6 Å². The van der Waals surface area contributed by atoms with Crippen molar-refractivity contribution in [3.05, 3.63) is 143 Å². The highest BCUT2D eigenvalue weighted by Crippen LogP contribution is 2.29. The van der Waals surface area contributed by atoms with E-state index < -0.39 is 23.7 Å². The van der Waals surface area contributed by atoms with Crippen LogP contribution in [0.4, 0.5) is 13.2 Å². The topological polar surface area (TPSA) is 56.8 Å². The molecule has 0 bridgehead atoms. The van der Waals surface area contributed by atoms with Gasteiger partial charge in [0.05, 0.1) is 5.56 Å². The zero-order valence-electron chi connectivity index (χ0n) is 28.6. The summed E-state index contributed by atoms with van der Waals surface area (Å²) in [6.07, 6.45) is 4.67. The highest BCUT2D eigenvalue weighted by Gasteiger charge is 2.34. The Morgan fingerprint density at radius 1 is 0.820 bits per heavy atom. The molecule has 2 heterocycles. The van der Waals surface area contributed by atoms with E-state index in [1.54, 1.807) is 11.1 Å². The van der Waals surface area contributed by atoms with E-state index in [9.17, 15) is 22.8 Å². The predicted octanol–water partition coefficient (Wildman–Crippen LogP) is 7.83. The zero-order valence-corrected chi connectivity index (χ0v) is 28.6. The first-order valence-electron chi connectivity index (χ1n) is 17.4. The largest absolute Gasteiger partial charge is 0.416 e. The van der Waals surface area contributed by atoms with Crippen LogP contribution < -0.4 is 0 Å². The molecule has 1 aliphatic heterocycles. The van der Waals surface area contributed by atoms with Crippen molar-refractivity contribution in [1.82, 2.24) is 19.7 Å². The van der Waals surface area contributed by atoms with Crippen LogP contribution in [0.15, 0.2) is 109 Å². The molecule has 0 saturated carbocycles. The van der Waals surface area contributed by atoms with Gasteiger partial charge in [0.15, 0.2) is 0 Å². The average molecular weight is 683 g/mol. The van der Waals surface area contributed by atoms with Crippen molar-refractivity contribution in [2.24, 2.45) is 0 Å². The van der Waals surface area contributed by atoms with Gasteiger partial charge in [0.1, 0.15) is 6.04 Å². The molecule has 1 aliphatic rings.